The van der Waals surface area contributed by atoms with E-state index in [1.54, 1.807) is 12.2 Å². The van der Waals surface area contributed by atoms with Crippen LogP contribution in [0.3, 0.4) is 0 Å². The van der Waals surface area contributed by atoms with E-state index >= 15 is 0 Å². The first-order valence-corrected chi connectivity index (χ1v) is 9.14. The van der Waals surface area contributed by atoms with Crippen LogP contribution in [0.25, 0.3) is 6.08 Å². The number of benzene rings is 1. The molecule has 1 fully saturated rings. The zero-order chi connectivity index (χ0) is 18.2. The van der Waals surface area contributed by atoms with Crippen molar-refractivity contribution < 1.29 is 9.53 Å². The van der Waals surface area contributed by atoms with Crippen molar-refractivity contribution in [2.75, 3.05) is 24.6 Å². The Hall–Kier alpha value is -2.82. The van der Waals surface area contributed by atoms with Crippen LogP contribution in [0.15, 0.2) is 48.7 Å². The molecular formula is C21H25N3O2. The van der Waals surface area contributed by atoms with Gasteiger partial charge in [-0.15, -0.1) is 0 Å². The number of hydrogen-bond acceptors (Lipinski definition) is 4. The molecule has 2 aromatic rings. The number of anilines is 1. The van der Waals surface area contributed by atoms with Crippen LogP contribution >= 0.6 is 0 Å². The van der Waals surface area contributed by atoms with E-state index in [9.17, 15) is 4.79 Å². The highest BCUT2D eigenvalue weighted by Crippen LogP contribution is 2.20. The predicted molar refractivity (Wildman–Crippen MR) is 104 cm³/mol. The zero-order valence-electron chi connectivity index (χ0n) is 15.1. The summed E-state index contributed by atoms with van der Waals surface area (Å²) in [5, 5.41) is 2.93. The maximum Gasteiger partial charge on any atom is 0.244 e. The normalized spacial score (nSPS) is 14.0. The third-order valence-electron chi connectivity index (χ3n) is 4.34. The Morgan fingerprint density at radius 2 is 2.08 bits per heavy atom. The number of nitrogens with one attached hydrogen (secondary N) is 1. The van der Waals surface area contributed by atoms with Crippen LogP contribution < -0.4 is 15.0 Å². The number of carbonyl (C=O) groups is 1. The third kappa shape index (κ3) is 4.85. The number of pyridine rings is 1. The average Bonchev–Trinajstić information content (AvgIpc) is 3.21. The number of rotatable bonds is 7. The molecule has 0 atom stereocenters. The molecule has 1 aliphatic heterocycles. The molecule has 1 aliphatic rings. The van der Waals surface area contributed by atoms with Gasteiger partial charge in [-0.2, -0.15) is 0 Å². The molecule has 1 N–H and O–H groups in total. The molecule has 5 nitrogen and oxygen atoms in total. The van der Waals surface area contributed by atoms with Crippen LogP contribution in [-0.4, -0.2) is 30.6 Å². The van der Waals surface area contributed by atoms with Crippen molar-refractivity contribution in [1.29, 1.82) is 0 Å². The van der Waals surface area contributed by atoms with Gasteiger partial charge >= 0.3 is 0 Å². The quantitative estimate of drug-likeness (QED) is 0.777. The van der Waals surface area contributed by atoms with E-state index < -0.39 is 0 Å². The van der Waals surface area contributed by atoms with Gasteiger partial charge in [-0.1, -0.05) is 18.2 Å². The minimum absolute atomic E-state index is 0.129. The third-order valence-corrected chi connectivity index (χ3v) is 4.34. The van der Waals surface area contributed by atoms with Gasteiger partial charge in [0.2, 0.25) is 5.91 Å². The monoisotopic (exact) mass is 351 g/mol. The van der Waals surface area contributed by atoms with E-state index in [-0.39, 0.29) is 5.91 Å². The molecule has 0 radical (unpaired) electrons. The van der Waals surface area contributed by atoms with Gasteiger partial charge in [0.05, 0.1) is 6.61 Å². The second-order valence-electron chi connectivity index (χ2n) is 6.24. The van der Waals surface area contributed by atoms with E-state index in [2.05, 4.69) is 21.3 Å². The Balaban J connectivity index is 1.56. The standard InChI is InChI=1S/C21H25N3O2/c1-2-26-19-8-4-3-7-18(19)9-10-21(25)23-16-17-11-12-22-20(15-17)24-13-5-6-14-24/h3-4,7-12,15H,2,5-6,13-14,16H2,1H3,(H,23,25)/b10-9+. The molecule has 2 heterocycles. The molecule has 0 saturated carbocycles. The summed E-state index contributed by atoms with van der Waals surface area (Å²) < 4.78 is 5.57. The Labute approximate surface area is 154 Å². The van der Waals surface area contributed by atoms with Crippen LogP contribution in [0.5, 0.6) is 5.75 Å². The number of hydrogen-bond donors (Lipinski definition) is 1. The summed E-state index contributed by atoms with van der Waals surface area (Å²) in [6, 6.07) is 11.7. The fourth-order valence-electron chi connectivity index (χ4n) is 3.01. The highest BCUT2D eigenvalue weighted by molar-refractivity contribution is 5.92. The maximum atomic E-state index is 12.1. The summed E-state index contributed by atoms with van der Waals surface area (Å²) in [5.41, 5.74) is 1.95. The van der Waals surface area contributed by atoms with Crippen molar-refractivity contribution in [1.82, 2.24) is 10.3 Å². The summed E-state index contributed by atoms with van der Waals surface area (Å²) in [4.78, 5) is 18.9. The minimum atomic E-state index is -0.129. The Morgan fingerprint density at radius 3 is 2.88 bits per heavy atom. The maximum absolute atomic E-state index is 12.1. The molecule has 5 heteroatoms. The average molecular weight is 351 g/mol. The van der Waals surface area contributed by atoms with Gasteiger partial charge < -0.3 is 15.0 Å². The summed E-state index contributed by atoms with van der Waals surface area (Å²) in [6.07, 6.45) is 7.57. The van der Waals surface area contributed by atoms with Gasteiger partial charge in [-0.05, 0) is 49.6 Å². The first-order valence-electron chi connectivity index (χ1n) is 9.14. The first-order chi connectivity index (χ1) is 12.8. The number of para-hydroxylation sites is 1. The Kier molecular flexibility index (Phi) is 6.25. The van der Waals surface area contributed by atoms with Crippen molar-refractivity contribution >= 4 is 17.8 Å². The van der Waals surface area contributed by atoms with Crippen molar-refractivity contribution in [3.05, 3.63) is 59.8 Å². The van der Waals surface area contributed by atoms with E-state index in [1.165, 1.54) is 12.8 Å². The van der Waals surface area contributed by atoms with Gasteiger partial charge in [0, 0.05) is 37.5 Å². The summed E-state index contributed by atoms with van der Waals surface area (Å²) in [5.74, 6) is 1.65. The van der Waals surface area contributed by atoms with Gasteiger partial charge in [-0.3, -0.25) is 4.79 Å². The first kappa shape index (κ1) is 18.0. The summed E-state index contributed by atoms with van der Waals surface area (Å²) in [6.45, 7) is 5.14. The Bertz CT molecular complexity index is 767. The van der Waals surface area contributed by atoms with Gasteiger partial charge in [0.1, 0.15) is 11.6 Å². The second-order valence-corrected chi connectivity index (χ2v) is 6.24. The molecule has 1 amide bonds. The highest BCUT2D eigenvalue weighted by Gasteiger charge is 2.13. The fourth-order valence-corrected chi connectivity index (χ4v) is 3.01. The van der Waals surface area contributed by atoms with Gasteiger partial charge in [0.15, 0.2) is 0 Å². The van der Waals surface area contributed by atoms with Gasteiger partial charge in [-0.25, -0.2) is 4.98 Å². The lowest BCUT2D eigenvalue weighted by atomic mass is 10.2. The minimum Gasteiger partial charge on any atom is -0.493 e. The zero-order valence-corrected chi connectivity index (χ0v) is 15.1. The van der Waals surface area contributed by atoms with E-state index in [0.717, 1.165) is 35.8 Å². The van der Waals surface area contributed by atoms with Crippen LogP contribution in [-0.2, 0) is 11.3 Å². The van der Waals surface area contributed by atoms with Crippen molar-refractivity contribution in [3.8, 4) is 5.75 Å². The molecule has 1 saturated heterocycles. The lowest BCUT2D eigenvalue weighted by Gasteiger charge is -2.16. The molecular weight excluding hydrogens is 326 g/mol. The molecule has 3 rings (SSSR count). The number of carbonyl (C=O) groups excluding carboxylic acids is 1. The largest absolute Gasteiger partial charge is 0.493 e. The van der Waals surface area contributed by atoms with Crippen molar-refractivity contribution in [3.63, 3.8) is 0 Å². The topological polar surface area (TPSA) is 54.5 Å². The summed E-state index contributed by atoms with van der Waals surface area (Å²) >= 11 is 0. The van der Waals surface area contributed by atoms with Crippen LogP contribution in [0.1, 0.15) is 30.9 Å². The number of amides is 1. The Morgan fingerprint density at radius 1 is 1.27 bits per heavy atom. The van der Waals surface area contributed by atoms with Crippen LogP contribution in [0.2, 0.25) is 0 Å². The summed E-state index contributed by atoms with van der Waals surface area (Å²) in [7, 11) is 0. The van der Waals surface area contributed by atoms with Crippen molar-refractivity contribution in [2.24, 2.45) is 0 Å². The molecule has 1 aromatic carbocycles. The van der Waals surface area contributed by atoms with Crippen LogP contribution in [0.4, 0.5) is 5.82 Å². The fraction of sp³-hybridized carbons (Fsp3) is 0.333. The molecule has 0 bridgehead atoms. The van der Waals surface area contributed by atoms with E-state index in [0.29, 0.717) is 13.2 Å². The lowest BCUT2D eigenvalue weighted by molar-refractivity contribution is -0.116. The van der Waals surface area contributed by atoms with E-state index in [4.69, 9.17) is 4.74 Å². The second kappa shape index (κ2) is 9.04. The molecule has 0 unspecified atom stereocenters. The predicted octanol–water partition coefficient (Wildman–Crippen LogP) is 3.41. The number of ether oxygens (including phenoxy) is 1. The van der Waals surface area contributed by atoms with Crippen molar-refractivity contribution in [2.45, 2.75) is 26.3 Å². The van der Waals surface area contributed by atoms with E-state index in [1.807, 2.05) is 43.5 Å². The number of nitrogens with zero attached hydrogens (tertiary/aromatic N) is 2. The van der Waals surface area contributed by atoms with Gasteiger partial charge in [0.25, 0.3) is 0 Å². The smallest absolute Gasteiger partial charge is 0.244 e. The lowest BCUT2D eigenvalue weighted by Crippen LogP contribution is -2.22. The molecule has 0 spiro atoms. The molecule has 1 aromatic heterocycles. The number of aromatic nitrogens is 1. The molecule has 26 heavy (non-hydrogen) atoms. The molecule has 136 valence electrons. The molecule has 0 aliphatic carbocycles. The highest BCUT2D eigenvalue weighted by atomic mass is 16.5. The SMILES string of the molecule is CCOc1ccccc1/C=C/C(=O)NCc1ccnc(N2CCCC2)c1. The van der Waals surface area contributed by atoms with Crippen LogP contribution in [0, 0.1) is 0 Å².